The molecule has 1 aromatic rings. The molecule has 4 nitrogen and oxygen atoms in total. The number of hydrogen-bond donors (Lipinski definition) is 2. The van der Waals surface area contributed by atoms with Crippen molar-refractivity contribution in [2.24, 2.45) is 0 Å². The van der Waals surface area contributed by atoms with Crippen molar-refractivity contribution in [1.29, 1.82) is 0 Å². The number of nitrogens with zero attached hydrogens (tertiary/aromatic N) is 1. The van der Waals surface area contributed by atoms with Crippen molar-refractivity contribution in [3.05, 3.63) is 24.0 Å². The van der Waals surface area contributed by atoms with Gasteiger partial charge < -0.3 is 15.0 Å². The van der Waals surface area contributed by atoms with Crippen LogP contribution in [-0.2, 0) is 17.9 Å². The average molecular weight is 210 g/mol. The predicted molar refractivity (Wildman–Crippen MR) is 58.7 cm³/mol. The smallest absolute Gasteiger partial charge is 0.304 e. The molecule has 0 atom stereocenters. The lowest BCUT2D eigenvalue weighted by molar-refractivity contribution is -0.136. The fraction of sp³-hybridized carbons (Fsp3) is 0.545. The second-order valence-electron chi connectivity index (χ2n) is 3.58. The molecule has 1 aromatic heterocycles. The summed E-state index contributed by atoms with van der Waals surface area (Å²) in [6, 6.07) is 2.06. The molecule has 0 fully saturated rings. The molecular weight excluding hydrogens is 192 g/mol. The second kappa shape index (κ2) is 6.24. The van der Waals surface area contributed by atoms with Crippen LogP contribution in [0, 0.1) is 0 Å². The van der Waals surface area contributed by atoms with Gasteiger partial charge in [0.05, 0.1) is 6.42 Å². The minimum absolute atomic E-state index is 0.176. The zero-order valence-corrected chi connectivity index (χ0v) is 9.07. The summed E-state index contributed by atoms with van der Waals surface area (Å²) in [5.41, 5.74) is 1.20. The lowest BCUT2D eigenvalue weighted by Crippen LogP contribution is -2.17. The van der Waals surface area contributed by atoms with Gasteiger partial charge in [-0.15, -0.1) is 0 Å². The molecule has 4 heteroatoms. The maximum absolute atomic E-state index is 10.3. The van der Waals surface area contributed by atoms with Crippen molar-refractivity contribution < 1.29 is 9.90 Å². The molecule has 0 unspecified atom stereocenters. The molecule has 1 heterocycles. The molecule has 2 N–H and O–H groups in total. The molecule has 0 aliphatic rings. The molecule has 1 rings (SSSR count). The third-order valence-electron chi connectivity index (χ3n) is 2.14. The van der Waals surface area contributed by atoms with Gasteiger partial charge in [0, 0.05) is 32.0 Å². The molecule has 0 bridgehead atoms. The summed E-state index contributed by atoms with van der Waals surface area (Å²) in [6.07, 6.45) is 5.45. The van der Waals surface area contributed by atoms with Crippen LogP contribution in [0.4, 0.5) is 0 Å². The van der Waals surface area contributed by atoms with Crippen LogP contribution in [0.15, 0.2) is 18.5 Å². The van der Waals surface area contributed by atoms with Crippen molar-refractivity contribution >= 4 is 5.97 Å². The van der Waals surface area contributed by atoms with Gasteiger partial charge in [-0.05, 0) is 18.1 Å². The Morgan fingerprint density at radius 1 is 1.60 bits per heavy atom. The van der Waals surface area contributed by atoms with Gasteiger partial charge in [0.25, 0.3) is 0 Å². The summed E-state index contributed by atoms with van der Waals surface area (Å²) >= 11 is 0. The molecule has 0 saturated heterocycles. The van der Waals surface area contributed by atoms with Gasteiger partial charge in [0.2, 0.25) is 0 Å². The number of carbonyl (C=O) groups is 1. The van der Waals surface area contributed by atoms with E-state index in [0.29, 0.717) is 6.54 Å². The Balaban J connectivity index is 2.22. The van der Waals surface area contributed by atoms with E-state index in [1.807, 2.05) is 0 Å². The maximum Gasteiger partial charge on any atom is 0.304 e. The summed E-state index contributed by atoms with van der Waals surface area (Å²) in [7, 11) is 0. The highest BCUT2D eigenvalue weighted by Gasteiger charge is 1.98. The van der Waals surface area contributed by atoms with Crippen LogP contribution in [0.5, 0.6) is 0 Å². The van der Waals surface area contributed by atoms with Gasteiger partial charge in [-0.2, -0.15) is 0 Å². The van der Waals surface area contributed by atoms with Crippen molar-refractivity contribution in [3.8, 4) is 0 Å². The highest BCUT2D eigenvalue weighted by Crippen LogP contribution is 2.01. The van der Waals surface area contributed by atoms with Gasteiger partial charge in [0.1, 0.15) is 0 Å². The summed E-state index contributed by atoms with van der Waals surface area (Å²) in [4.78, 5) is 10.3. The minimum atomic E-state index is -0.758. The largest absolute Gasteiger partial charge is 0.481 e. The van der Waals surface area contributed by atoms with E-state index in [1.165, 1.54) is 5.56 Å². The van der Waals surface area contributed by atoms with Gasteiger partial charge in [-0.1, -0.05) is 6.92 Å². The number of aliphatic carboxylic acids is 1. The van der Waals surface area contributed by atoms with Gasteiger partial charge in [0.15, 0.2) is 0 Å². The molecule has 0 aromatic carbocycles. The van der Waals surface area contributed by atoms with E-state index in [-0.39, 0.29) is 6.42 Å². The van der Waals surface area contributed by atoms with Gasteiger partial charge in [-0.25, -0.2) is 0 Å². The third kappa shape index (κ3) is 4.65. The van der Waals surface area contributed by atoms with Crippen molar-refractivity contribution in [2.75, 3.05) is 6.54 Å². The predicted octanol–water partition coefficient (Wildman–Crippen LogP) is 1.46. The lowest BCUT2D eigenvalue weighted by atomic mass is 10.3. The number of aryl methyl sites for hydroxylation is 1. The van der Waals surface area contributed by atoms with Crippen LogP contribution in [-0.4, -0.2) is 22.2 Å². The zero-order chi connectivity index (χ0) is 11.1. The quantitative estimate of drug-likeness (QED) is 0.670. The second-order valence-corrected chi connectivity index (χ2v) is 3.58. The average Bonchev–Trinajstić information content (AvgIpc) is 2.61. The molecular formula is C11H18N2O2. The van der Waals surface area contributed by atoms with Crippen LogP contribution in [0.1, 0.15) is 25.3 Å². The first-order valence-electron chi connectivity index (χ1n) is 5.29. The number of carboxylic acid groups (broad SMARTS) is 1. The number of aromatic nitrogens is 1. The van der Waals surface area contributed by atoms with Crippen molar-refractivity contribution in [1.82, 2.24) is 9.88 Å². The zero-order valence-electron chi connectivity index (χ0n) is 9.07. The lowest BCUT2D eigenvalue weighted by Gasteiger charge is -2.00. The van der Waals surface area contributed by atoms with E-state index in [9.17, 15) is 4.79 Å². The van der Waals surface area contributed by atoms with E-state index in [4.69, 9.17) is 5.11 Å². The molecule has 0 aliphatic carbocycles. The Kier molecular flexibility index (Phi) is 4.90. The Morgan fingerprint density at radius 3 is 3.07 bits per heavy atom. The molecule has 0 spiro atoms. The molecule has 0 amide bonds. The number of carboxylic acids is 1. The summed E-state index contributed by atoms with van der Waals surface area (Å²) in [5.74, 6) is -0.758. The molecule has 0 radical (unpaired) electrons. The monoisotopic (exact) mass is 210 g/mol. The maximum atomic E-state index is 10.3. The standard InChI is InChI=1S/C11H18N2O2/c1-2-6-13-7-4-10(9-13)8-12-5-3-11(14)15/h4,7,9,12H,2-3,5-6,8H2,1H3,(H,14,15). The first kappa shape index (κ1) is 11.8. The topological polar surface area (TPSA) is 54.3 Å². The number of rotatable bonds is 7. The Labute approximate surface area is 89.9 Å². The Morgan fingerprint density at radius 2 is 2.40 bits per heavy atom. The van der Waals surface area contributed by atoms with E-state index in [1.54, 1.807) is 0 Å². The third-order valence-corrected chi connectivity index (χ3v) is 2.14. The van der Waals surface area contributed by atoms with Gasteiger partial charge in [-0.3, -0.25) is 4.79 Å². The Hall–Kier alpha value is -1.29. The van der Waals surface area contributed by atoms with E-state index in [0.717, 1.165) is 19.5 Å². The normalized spacial score (nSPS) is 10.5. The number of nitrogens with one attached hydrogen (secondary N) is 1. The highest BCUT2D eigenvalue weighted by atomic mass is 16.4. The van der Waals surface area contributed by atoms with E-state index >= 15 is 0 Å². The fourth-order valence-electron chi connectivity index (χ4n) is 1.42. The summed E-state index contributed by atoms with van der Waals surface area (Å²) < 4.78 is 2.15. The summed E-state index contributed by atoms with van der Waals surface area (Å²) in [5, 5.41) is 11.5. The SMILES string of the molecule is CCCn1ccc(CNCCC(=O)O)c1. The fourth-order valence-corrected chi connectivity index (χ4v) is 1.42. The molecule has 84 valence electrons. The highest BCUT2D eigenvalue weighted by molar-refractivity contribution is 5.66. The minimum Gasteiger partial charge on any atom is -0.481 e. The number of hydrogen-bond acceptors (Lipinski definition) is 2. The van der Waals surface area contributed by atoms with Crippen LogP contribution in [0.25, 0.3) is 0 Å². The molecule has 0 aliphatic heterocycles. The molecule has 0 saturated carbocycles. The van der Waals surface area contributed by atoms with Crippen LogP contribution in [0.2, 0.25) is 0 Å². The first-order chi connectivity index (χ1) is 7.22. The van der Waals surface area contributed by atoms with Crippen molar-refractivity contribution in [2.45, 2.75) is 32.9 Å². The van der Waals surface area contributed by atoms with Gasteiger partial charge >= 0.3 is 5.97 Å². The first-order valence-corrected chi connectivity index (χ1v) is 5.29. The van der Waals surface area contributed by atoms with Crippen LogP contribution < -0.4 is 5.32 Å². The van der Waals surface area contributed by atoms with E-state index < -0.39 is 5.97 Å². The van der Waals surface area contributed by atoms with E-state index in [2.05, 4.69) is 35.3 Å². The molecule has 15 heavy (non-hydrogen) atoms. The summed E-state index contributed by atoms with van der Waals surface area (Å²) in [6.45, 7) is 4.44. The van der Waals surface area contributed by atoms with Crippen molar-refractivity contribution in [3.63, 3.8) is 0 Å². The Bertz CT molecular complexity index is 307. The van der Waals surface area contributed by atoms with Crippen LogP contribution >= 0.6 is 0 Å². The van der Waals surface area contributed by atoms with Crippen LogP contribution in [0.3, 0.4) is 0 Å².